The van der Waals surface area contributed by atoms with Crippen molar-refractivity contribution in [3.05, 3.63) is 22.7 Å². The molecule has 1 aromatic carbocycles. The van der Waals surface area contributed by atoms with E-state index < -0.39 is 0 Å². The van der Waals surface area contributed by atoms with Crippen molar-refractivity contribution in [2.45, 2.75) is 26.2 Å². The molecule has 0 spiro atoms. The molecule has 0 N–H and O–H groups in total. The van der Waals surface area contributed by atoms with Gasteiger partial charge in [0.1, 0.15) is 11.5 Å². The Hall–Kier alpha value is -1.26. The molecular formula is C17H24ClNO3. The second kappa shape index (κ2) is 7.84. The van der Waals surface area contributed by atoms with E-state index >= 15 is 0 Å². The largest absolute Gasteiger partial charge is 0.496 e. The maximum Gasteiger partial charge on any atom is 0.167 e. The van der Waals surface area contributed by atoms with Gasteiger partial charge in [-0.3, -0.25) is 4.79 Å². The fraction of sp³-hybridized carbons (Fsp3) is 0.588. The molecule has 1 fully saturated rings. The minimum atomic E-state index is 0.0556. The summed E-state index contributed by atoms with van der Waals surface area (Å²) in [5.74, 6) is 1.88. The minimum Gasteiger partial charge on any atom is -0.496 e. The summed E-state index contributed by atoms with van der Waals surface area (Å²) in [7, 11) is 3.09. The van der Waals surface area contributed by atoms with Crippen molar-refractivity contribution in [3.8, 4) is 11.5 Å². The highest BCUT2D eigenvalue weighted by Gasteiger charge is 2.19. The number of methoxy groups -OCH3 is 2. The molecule has 0 amide bonds. The Bertz CT molecular complexity index is 525. The summed E-state index contributed by atoms with van der Waals surface area (Å²) < 4.78 is 10.5. The third-order valence-corrected chi connectivity index (χ3v) is 4.60. The van der Waals surface area contributed by atoms with Crippen molar-refractivity contribution in [1.82, 2.24) is 4.90 Å². The number of rotatable bonds is 6. The Morgan fingerprint density at radius 3 is 2.45 bits per heavy atom. The van der Waals surface area contributed by atoms with Gasteiger partial charge in [0.05, 0.1) is 24.8 Å². The molecule has 0 saturated carbocycles. The maximum atomic E-state index is 12.5. The van der Waals surface area contributed by atoms with Crippen LogP contribution in [0.5, 0.6) is 11.5 Å². The first-order valence-corrected chi connectivity index (χ1v) is 8.10. The zero-order valence-corrected chi connectivity index (χ0v) is 14.3. The monoisotopic (exact) mass is 325 g/mol. The minimum absolute atomic E-state index is 0.0556. The number of hydrogen-bond acceptors (Lipinski definition) is 4. The summed E-state index contributed by atoms with van der Waals surface area (Å²) in [6.07, 6.45) is 2.91. The van der Waals surface area contributed by atoms with Gasteiger partial charge >= 0.3 is 0 Å². The molecule has 2 rings (SSSR count). The van der Waals surface area contributed by atoms with Crippen LogP contribution in [0.25, 0.3) is 0 Å². The van der Waals surface area contributed by atoms with E-state index in [9.17, 15) is 4.79 Å². The summed E-state index contributed by atoms with van der Waals surface area (Å²) in [5, 5.41) is 0.429. The smallest absolute Gasteiger partial charge is 0.167 e. The Labute approximate surface area is 137 Å². The quantitative estimate of drug-likeness (QED) is 0.748. The van der Waals surface area contributed by atoms with Crippen LogP contribution in [-0.4, -0.2) is 44.5 Å². The number of benzene rings is 1. The number of ketones is 1. The molecule has 1 aliphatic heterocycles. The number of halogens is 1. The Kier molecular flexibility index (Phi) is 6.09. The van der Waals surface area contributed by atoms with Crippen molar-refractivity contribution in [3.63, 3.8) is 0 Å². The standard InChI is InChI=1S/C17H24ClNO3/c1-12-4-7-19(8-5-12)9-6-15(20)13-10-14(18)17(22-3)11-16(13)21-2/h10-12H,4-9H2,1-3H3. The summed E-state index contributed by atoms with van der Waals surface area (Å²) in [5.41, 5.74) is 0.527. The van der Waals surface area contributed by atoms with E-state index in [1.54, 1.807) is 26.4 Å². The molecule has 0 aromatic heterocycles. The predicted octanol–water partition coefficient (Wildman–Crippen LogP) is 3.66. The zero-order chi connectivity index (χ0) is 16.1. The van der Waals surface area contributed by atoms with E-state index in [0.717, 1.165) is 25.6 Å². The third-order valence-electron chi connectivity index (χ3n) is 4.31. The molecule has 0 atom stereocenters. The number of piperidine rings is 1. The lowest BCUT2D eigenvalue weighted by atomic mass is 9.98. The van der Waals surface area contributed by atoms with Crippen LogP contribution in [0.15, 0.2) is 12.1 Å². The van der Waals surface area contributed by atoms with Gasteiger partial charge in [-0.15, -0.1) is 0 Å². The maximum absolute atomic E-state index is 12.5. The predicted molar refractivity (Wildman–Crippen MR) is 88.3 cm³/mol. The molecule has 0 radical (unpaired) electrons. The second-order valence-corrected chi connectivity index (χ2v) is 6.29. The van der Waals surface area contributed by atoms with Crippen LogP contribution in [0, 0.1) is 5.92 Å². The van der Waals surface area contributed by atoms with Gasteiger partial charge in [-0.05, 0) is 37.9 Å². The van der Waals surface area contributed by atoms with E-state index in [-0.39, 0.29) is 5.78 Å². The second-order valence-electron chi connectivity index (χ2n) is 5.88. The van der Waals surface area contributed by atoms with Gasteiger partial charge < -0.3 is 14.4 Å². The van der Waals surface area contributed by atoms with Gasteiger partial charge in [-0.25, -0.2) is 0 Å². The molecule has 22 heavy (non-hydrogen) atoms. The Balaban J connectivity index is 2.01. The molecule has 0 aliphatic carbocycles. The summed E-state index contributed by atoms with van der Waals surface area (Å²) in [6, 6.07) is 3.30. The average molecular weight is 326 g/mol. The third kappa shape index (κ3) is 4.14. The van der Waals surface area contributed by atoms with Crippen LogP contribution in [-0.2, 0) is 0 Å². The average Bonchev–Trinajstić information content (AvgIpc) is 2.53. The lowest BCUT2D eigenvalue weighted by Crippen LogP contribution is -2.34. The number of nitrogens with zero attached hydrogens (tertiary/aromatic N) is 1. The number of ether oxygens (including phenoxy) is 2. The topological polar surface area (TPSA) is 38.8 Å². The van der Waals surface area contributed by atoms with Crippen molar-refractivity contribution < 1.29 is 14.3 Å². The van der Waals surface area contributed by atoms with Gasteiger partial charge in [-0.2, -0.15) is 0 Å². The first kappa shape index (κ1) is 17.1. The van der Waals surface area contributed by atoms with Crippen molar-refractivity contribution in [1.29, 1.82) is 0 Å². The zero-order valence-electron chi connectivity index (χ0n) is 13.5. The van der Waals surface area contributed by atoms with E-state index in [4.69, 9.17) is 21.1 Å². The number of hydrogen-bond donors (Lipinski definition) is 0. The van der Waals surface area contributed by atoms with Gasteiger partial charge in [0.15, 0.2) is 5.78 Å². The molecule has 4 nitrogen and oxygen atoms in total. The summed E-state index contributed by atoms with van der Waals surface area (Å²) >= 11 is 6.12. The summed E-state index contributed by atoms with van der Waals surface area (Å²) in [6.45, 7) is 5.23. The normalized spacial score (nSPS) is 16.5. The van der Waals surface area contributed by atoms with Gasteiger partial charge in [0.25, 0.3) is 0 Å². The van der Waals surface area contributed by atoms with Crippen molar-refractivity contribution in [2.75, 3.05) is 33.9 Å². The number of likely N-dealkylation sites (tertiary alicyclic amines) is 1. The van der Waals surface area contributed by atoms with Crippen molar-refractivity contribution in [2.24, 2.45) is 5.92 Å². The number of Topliss-reactive ketones (excluding diaryl/α,β-unsaturated/α-hetero) is 1. The lowest BCUT2D eigenvalue weighted by Gasteiger charge is -2.29. The van der Waals surface area contributed by atoms with E-state index in [2.05, 4.69) is 11.8 Å². The van der Waals surface area contributed by atoms with E-state index in [1.807, 2.05) is 0 Å². The highest BCUT2D eigenvalue weighted by Crippen LogP contribution is 2.33. The molecule has 5 heteroatoms. The molecule has 122 valence electrons. The highest BCUT2D eigenvalue weighted by molar-refractivity contribution is 6.32. The van der Waals surface area contributed by atoms with Crippen molar-refractivity contribution >= 4 is 17.4 Å². The molecule has 1 saturated heterocycles. The van der Waals surface area contributed by atoms with Crippen LogP contribution < -0.4 is 9.47 Å². The molecular weight excluding hydrogens is 302 g/mol. The first-order valence-electron chi connectivity index (χ1n) is 7.72. The Morgan fingerprint density at radius 1 is 1.23 bits per heavy atom. The van der Waals surface area contributed by atoms with Gasteiger partial charge in [0.2, 0.25) is 0 Å². The van der Waals surface area contributed by atoms with Gasteiger partial charge in [-0.1, -0.05) is 18.5 Å². The fourth-order valence-electron chi connectivity index (χ4n) is 2.76. The first-order chi connectivity index (χ1) is 10.5. The fourth-order valence-corrected chi connectivity index (χ4v) is 3.00. The molecule has 1 heterocycles. The molecule has 0 unspecified atom stereocenters. The number of carbonyl (C=O) groups is 1. The van der Waals surface area contributed by atoms with Crippen LogP contribution in [0.4, 0.5) is 0 Å². The SMILES string of the molecule is COc1cc(OC)c(C(=O)CCN2CCC(C)CC2)cc1Cl. The van der Waals surface area contributed by atoms with Gasteiger partial charge in [0, 0.05) is 19.0 Å². The highest BCUT2D eigenvalue weighted by atomic mass is 35.5. The molecule has 0 bridgehead atoms. The molecule has 1 aliphatic rings. The van der Waals surface area contributed by atoms with Crippen LogP contribution in [0.1, 0.15) is 36.5 Å². The van der Waals surface area contributed by atoms with E-state index in [0.29, 0.717) is 28.5 Å². The summed E-state index contributed by atoms with van der Waals surface area (Å²) in [4.78, 5) is 14.8. The lowest BCUT2D eigenvalue weighted by molar-refractivity contribution is 0.0950. The molecule has 1 aromatic rings. The van der Waals surface area contributed by atoms with Crippen LogP contribution in [0.2, 0.25) is 5.02 Å². The van der Waals surface area contributed by atoms with Crippen LogP contribution in [0.3, 0.4) is 0 Å². The number of carbonyl (C=O) groups excluding carboxylic acids is 1. The van der Waals surface area contributed by atoms with Crippen LogP contribution >= 0.6 is 11.6 Å². The van der Waals surface area contributed by atoms with E-state index in [1.165, 1.54) is 12.8 Å². The Morgan fingerprint density at radius 2 is 1.86 bits per heavy atom.